The van der Waals surface area contributed by atoms with Crippen LogP contribution in [0.3, 0.4) is 0 Å². The van der Waals surface area contributed by atoms with Crippen molar-refractivity contribution in [2.75, 3.05) is 12.9 Å². The van der Waals surface area contributed by atoms with Crippen LogP contribution < -0.4 is 5.32 Å². The first kappa shape index (κ1) is 17.2. The van der Waals surface area contributed by atoms with E-state index in [1.807, 2.05) is 0 Å². The summed E-state index contributed by atoms with van der Waals surface area (Å²) in [5.74, 6) is -3.92. The van der Waals surface area contributed by atoms with E-state index in [1.165, 1.54) is 0 Å². The van der Waals surface area contributed by atoms with E-state index in [2.05, 4.69) is 10.1 Å². The lowest BCUT2D eigenvalue weighted by atomic mass is 10.3. The van der Waals surface area contributed by atoms with E-state index in [9.17, 15) is 19.2 Å². The van der Waals surface area contributed by atoms with Crippen LogP contribution in [0.15, 0.2) is 0 Å². The average Bonchev–Trinajstić information content (AvgIpc) is 2.31. The van der Waals surface area contributed by atoms with Crippen molar-refractivity contribution in [3.63, 3.8) is 0 Å². The summed E-state index contributed by atoms with van der Waals surface area (Å²) in [5.41, 5.74) is 0. The fraction of sp³-hybridized carbons (Fsp3) is 0.600. The van der Waals surface area contributed by atoms with Crippen LogP contribution in [-0.2, 0) is 23.9 Å². The van der Waals surface area contributed by atoms with Gasteiger partial charge in [-0.3, -0.25) is 14.4 Å². The second-order valence-corrected chi connectivity index (χ2v) is 4.77. The molecular weight excluding hydrogens is 278 g/mol. The van der Waals surface area contributed by atoms with E-state index in [-0.39, 0.29) is 12.2 Å². The summed E-state index contributed by atoms with van der Waals surface area (Å²) in [6.07, 6.45) is -0.372. The number of ether oxygens (including phenoxy) is 1. The lowest BCUT2D eigenvalue weighted by molar-refractivity contribution is -0.145. The second kappa shape index (κ2) is 8.35. The maximum absolute atomic E-state index is 11.0. The van der Waals surface area contributed by atoms with Gasteiger partial charge in [0.25, 0.3) is 0 Å². The van der Waals surface area contributed by atoms with Crippen LogP contribution in [0.1, 0.15) is 13.3 Å². The smallest absolute Gasteiger partial charge is 0.327 e. The maximum Gasteiger partial charge on any atom is 0.327 e. The van der Waals surface area contributed by atoms with Crippen molar-refractivity contribution in [3.05, 3.63) is 0 Å². The number of carboxylic acid groups (broad SMARTS) is 2. The standard InChI is InChI=1S/C10H15NO7S/c1-5(12)11-6(9(14)15)4-19-7(10(16)17)3-8(13)18-2/h6-7H,3-4H2,1-2H3,(H,11,12)(H,14,15)(H,16,17)/t6-,7?/m0/s1. The molecule has 0 heterocycles. The number of carboxylic acids is 2. The molecule has 9 heteroatoms. The minimum absolute atomic E-state index is 0.164. The number of nitrogens with one attached hydrogen (secondary N) is 1. The number of amides is 1. The predicted molar refractivity (Wildman–Crippen MR) is 65.8 cm³/mol. The van der Waals surface area contributed by atoms with Gasteiger partial charge in [0.2, 0.25) is 5.91 Å². The van der Waals surface area contributed by atoms with Crippen molar-refractivity contribution in [2.45, 2.75) is 24.6 Å². The van der Waals surface area contributed by atoms with Crippen LogP contribution in [0.5, 0.6) is 0 Å². The van der Waals surface area contributed by atoms with E-state index in [1.54, 1.807) is 0 Å². The molecule has 0 aliphatic rings. The summed E-state index contributed by atoms with van der Waals surface area (Å²) < 4.78 is 4.35. The zero-order valence-corrected chi connectivity index (χ0v) is 11.2. The number of esters is 1. The monoisotopic (exact) mass is 293 g/mol. The fourth-order valence-electron chi connectivity index (χ4n) is 1.08. The first-order valence-electron chi connectivity index (χ1n) is 5.19. The molecule has 19 heavy (non-hydrogen) atoms. The zero-order valence-electron chi connectivity index (χ0n) is 10.4. The Morgan fingerprint density at radius 2 is 1.79 bits per heavy atom. The summed E-state index contributed by atoms with van der Waals surface area (Å²) in [6.45, 7) is 1.16. The van der Waals surface area contributed by atoms with E-state index in [4.69, 9.17) is 10.2 Å². The Hall–Kier alpha value is -1.77. The van der Waals surface area contributed by atoms with Gasteiger partial charge in [0, 0.05) is 12.7 Å². The van der Waals surface area contributed by atoms with Crippen LogP contribution in [0.4, 0.5) is 0 Å². The van der Waals surface area contributed by atoms with Crippen LogP contribution in [-0.4, -0.2) is 58.2 Å². The normalized spacial score (nSPS) is 13.2. The van der Waals surface area contributed by atoms with Crippen molar-refractivity contribution in [1.29, 1.82) is 0 Å². The van der Waals surface area contributed by atoms with Gasteiger partial charge in [-0.1, -0.05) is 0 Å². The molecule has 0 spiro atoms. The lowest BCUT2D eigenvalue weighted by Crippen LogP contribution is -2.42. The molecule has 1 unspecified atom stereocenters. The summed E-state index contributed by atoms with van der Waals surface area (Å²) in [7, 11) is 1.13. The highest BCUT2D eigenvalue weighted by Gasteiger charge is 2.26. The summed E-state index contributed by atoms with van der Waals surface area (Å²) in [6, 6.07) is -1.21. The molecule has 8 nitrogen and oxygen atoms in total. The van der Waals surface area contributed by atoms with Gasteiger partial charge in [-0.25, -0.2) is 4.79 Å². The van der Waals surface area contributed by atoms with Gasteiger partial charge >= 0.3 is 17.9 Å². The summed E-state index contributed by atoms with van der Waals surface area (Å²) in [5, 5.41) is 18.8. The Bertz CT molecular complexity index is 371. The molecule has 0 aromatic heterocycles. The molecule has 0 saturated heterocycles. The topological polar surface area (TPSA) is 130 Å². The molecule has 0 aromatic rings. The van der Waals surface area contributed by atoms with E-state index < -0.39 is 35.1 Å². The molecule has 0 aromatic carbocycles. The van der Waals surface area contributed by atoms with Crippen LogP contribution in [0.25, 0.3) is 0 Å². The van der Waals surface area contributed by atoms with Gasteiger partial charge in [-0.15, -0.1) is 11.8 Å². The second-order valence-electron chi connectivity index (χ2n) is 3.53. The molecule has 2 atom stereocenters. The van der Waals surface area contributed by atoms with Gasteiger partial charge in [0.1, 0.15) is 11.3 Å². The number of hydrogen-bond donors (Lipinski definition) is 3. The molecule has 0 fully saturated rings. The number of carbonyl (C=O) groups excluding carboxylic acids is 2. The molecule has 0 saturated carbocycles. The van der Waals surface area contributed by atoms with Gasteiger partial charge in [0.15, 0.2) is 0 Å². The van der Waals surface area contributed by atoms with Gasteiger partial charge in [0.05, 0.1) is 13.5 Å². The molecule has 0 bridgehead atoms. The first-order chi connectivity index (χ1) is 8.77. The minimum Gasteiger partial charge on any atom is -0.480 e. The van der Waals surface area contributed by atoms with Crippen molar-refractivity contribution in [2.24, 2.45) is 0 Å². The van der Waals surface area contributed by atoms with Crippen molar-refractivity contribution < 1.29 is 34.1 Å². The Morgan fingerprint density at radius 3 is 2.16 bits per heavy atom. The molecule has 0 aliphatic heterocycles. The lowest BCUT2D eigenvalue weighted by Gasteiger charge is -2.16. The third kappa shape index (κ3) is 7.29. The van der Waals surface area contributed by atoms with Crippen molar-refractivity contribution in [1.82, 2.24) is 5.32 Å². The molecule has 0 rings (SSSR count). The van der Waals surface area contributed by atoms with Crippen LogP contribution in [0.2, 0.25) is 0 Å². The number of thioether (sulfide) groups is 1. The first-order valence-corrected chi connectivity index (χ1v) is 6.24. The van der Waals surface area contributed by atoms with Gasteiger partial charge in [-0.2, -0.15) is 0 Å². The number of aliphatic carboxylic acids is 2. The number of hydrogen-bond acceptors (Lipinski definition) is 6. The fourth-order valence-corrected chi connectivity index (χ4v) is 2.13. The maximum atomic E-state index is 11.0. The Morgan fingerprint density at radius 1 is 1.21 bits per heavy atom. The third-order valence-corrected chi connectivity index (χ3v) is 3.29. The van der Waals surface area contributed by atoms with E-state index in [0.717, 1.165) is 25.8 Å². The van der Waals surface area contributed by atoms with Crippen molar-refractivity contribution >= 4 is 35.6 Å². The molecule has 108 valence electrons. The minimum atomic E-state index is -1.27. The summed E-state index contributed by atoms with van der Waals surface area (Å²) >= 11 is 0.756. The number of rotatable bonds is 8. The SMILES string of the molecule is COC(=O)CC(SC[C@H](NC(C)=O)C(=O)O)C(=O)O. The highest BCUT2D eigenvalue weighted by Crippen LogP contribution is 2.17. The Balaban J connectivity index is 4.50. The highest BCUT2D eigenvalue weighted by atomic mass is 32.2. The molecule has 3 N–H and O–H groups in total. The predicted octanol–water partition coefficient (Wildman–Crippen LogP) is -0.675. The molecule has 0 aliphatic carbocycles. The molecule has 1 amide bonds. The summed E-state index contributed by atoms with van der Waals surface area (Å²) in [4.78, 5) is 43.5. The highest BCUT2D eigenvalue weighted by molar-refractivity contribution is 8.00. The Labute approximate surface area is 113 Å². The molecular formula is C10H15NO7S. The zero-order chi connectivity index (χ0) is 15.0. The average molecular weight is 293 g/mol. The third-order valence-electron chi connectivity index (χ3n) is 1.99. The van der Waals surface area contributed by atoms with Crippen molar-refractivity contribution in [3.8, 4) is 0 Å². The van der Waals surface area contributed by atoms with Gasteiger partial charge < -0.3 is 20.3 Å². The molecule has 0 radical (unpaired) electrons. The Kier molecular flexibility index (Phi) is 7.57. The van der Waals surface area contributed by atoms with Crippen LogP contribution in [0, 0.1) is 0 Å². The number of methoxy groups -OCH3 is 1. The quantitative estimate of drug-likeness (QED) is 0.502. The largest absolute Gasteiger partial charge is 0.480 e. The van der Waals surface area contributed by atoms with E-state index >= 15 is 0 Å². The van der Waals surface area contributed by atoms with E-state index in [0.29, 0.717) is 0 Å². The van der Waals surface area contributed by atoms with Gasteiger partial charge in [-0.05, 0) is 0 Å². The van der Waals surface area contributed by atoms with Crippen LogP contribution >= 0.6 is 11.8 Å². The number of carbonyl (C=O) groups is 4.